The molecule has 2 N–H and O–H groups in total. The molecule has 0 aromatic heterocycles. The van der Waals surface area contributed by atoms with Crippen molar-refractivity contribution in [2.75, 3.05) is 0 Å². The highest BCUT2D eigenvalue weighted by atomic mass is 16.4. The van der Waals surface area contributed by atoms with E-state index >= 15 is 0 Å². The predicted octanol–water partition coefficient (Wildman–Crippen LogP) is 4.42. The molecule has 0 aliphatic carbocycles. The first-order chi connectivity index (χ1) is 9.54. The molecule has 0 saturated carbocycles. The number of allylic oxidation sites excluding steroid dienone is 4. The van der Waals surface area contributed by atoms with Crippen LogP contribution in [0.15, 0.2) is 24.3 Å². The van der Waals surface area contributed by atoms with Gasteiger partial charge in [0.15, 0.2) is 0 Å². The molecule has 4 nitrogen and oxygen atoms in total. The molecule has 0 atom stereocenters. The lowest BCUT2D eigenvalue weighted by molar-refractivity contribution is -0.138. The molecular formula is C16H28O4. The maximum absolute atomic E-state index is 10.0. The lowest BCUT2D eigenvalue weighted by Crippen LogP contribution is -1.92. The van der Waals surface area contributed by atoms with Gasteiger partial charge >= 0.3 is 11.9 Å². The Morgan fingerprint density at radius 1 is 0.750 bits per heavy atom. The Morgan fingerprint density at radius 2 is 1.10 bits per heavy atom. The van der Waals surface area contributed by atoms with Crippen LogP contribution in [0.2, 0.25) is 0 Å². The van der Waals surface area contributed by atoms with E-state index in [1.54, 1.807) is 0 Å². The number of carboxylic acids is 2. The summed E-state index contributed by atoms with van der Waals surface area (Å²) >= 11 is 0. The summed E-state index contributed by atoms with van der Waals surface area (Å²) in [5, 5.41) is 16.5. The number of carbonyl (C=O) groups is 2. The molecular weight excluding hydrogens is 256 g/mol. The molecule has 0 unspecified atom stereocenters. The molecule has 0 aromatic carbocycles. The molecule has 0 heterocycles. The zero-order chi connectivity index (χ0) is 15.6. The average Bonchev–Trinajstić information content (AvgIpc) is 2.38. The van der Waals surface area contributed by atoms with Crippen LogP contribution in [0, 0.1) is 0 Å². The molecule has 0 aliphatic rings. The van der Waals surface area contributed by atoms with Gasteiger partial charge in [0.1, 0.15) is 0 Å². The van der Waals surface area contributed by atoms with E-state index in [1.165, 1.54) is 0 Å². The Hall–Kier alpha value is -1.58. The van der Waals surface area contributed by atoms with Crippen molar-refractivity contribution < 1.29 is 19.8 Å². The van der Waals surface area contributed by atoms with E-state index in [9.17, 15) is 9.59 Å². The fourth-order valence-electron chi connectivity index (χ4n) is 1.31. The number of unbranched alkanes of at least 4 members (excludes halogenated alkanes) is 2. The van der Waals surface area contributed by atoms with E-state index < -0.39 is 11.9 Å². The third-order valence-electron chi connectivity index (χ3n) is 2.33. The molecule has 0 amide bonds. The first kappa shape index (κ1) is 20.7. The highest BCUT2D eigenvalue weighted by molar-refractivity contribution is 5.66. The predicted molar refractivity (Wildman–Crippen MR) is 81.8 cm³/mol. The molecule has 0 rings (SSSR count). The number of rotatable bonds is 10. The summed E-state index contributed by atoms with van der Waals surface area (Å²) < 4.78 is 0. The molecule has 20 heavy (non-hydrogen) atoms. The molecule has 0 bridgehead atoms. The zero-order valence-corrected chi connectivity index (χ0v) is 12.7. The van der Waals surface area contributed by atoms with E-state index in [4.69, 9.17) is 10.2 Å². The van der Waals surface area contributed by atoms with Crippen LogP contribution in [0.25, 0.3) is 0 Å². The van der Waals surface area contributed by atoms with Gasteiger partial charge in [-0.2, -0.15) is 0 Å². The van der Waals surface area contributed by atoms with Gasteiger partial charge in [0, 0.05) is 12.8 Å². The first-order valence-corrected chi connectivity index (χ1v) is 7.28. The zero-order valence-electron chi connectivity index (χ0n) is 12.7. The summed E-state index contributed by atoms with van der Waals surface area (Å²) in [5.41, 5.74) is 0. The molecule has 116 valence electrons. The van der Waals surface area contributed by atoms with E-state index in [0.717, 1.165) is 38.5 Å². The number of aliphatic carboxylic acids is 2. The molecule has 0 radical (unpaired) electrons. The Labute approximate surface area is 122 Å². The molecule has 0 aromatic rings. The Morgan fingerprint density at radius 3 is 1.35 bits per heavy atom. The number of hydrogen-bond acceptors (Lipinski definition) is 2. The van der Waals surface area contributed by atoms with Crippen LogP contribution in [0.3, 0.4) is 0 Å². The minimum Gasteiger partial charge on any atom is -0.481 e. The third-order valence-corrected chi connectivity index (χ3v) is 2.33. The fraction of sp³-hybridized carbons (Fsp3) is 0.625. The van der Waals surface area contributed by atoms with Crippen molar-refractivity contribution in [2.45, 2.75) is 65.2 Å². The second-order valence-electron chi connectivity index (χ2n) is 4.33. The summed E-state index contributed by atoms with van der Waals surface area (Å²) in [6.07, 6.45) is 14.1. The maximum atomic E-state index is 10.0. The summed E-state index contributed by atoms with van der Waals surface area (Å²) in [5.74, 6) is -1.41. The molecule has 0 spiro atoms. The molecule has 0 fully saturated rings. The second-order valence-corrected chi connectivity index (χ2v) is 4.33. The highest BCUT2D eigenvalue weighted by Crippen LogP contribution is 1.97. The van der Waals surface area contributed by atoms with E-state index in [0.29, 0.717) is 0 Å². The van der Waals surface area contributed by atoms with Crippen molar-refractivity contribution >= 4 is 11.9 Å². The maximum Gasteiger partial charge on any atom is 0.303 e. The highest BCUT2D eigenvalue weighted by Gasteiger charge is 1.93. The Bertz CT molecular complexity index is 263. The lowest BCUT2D eigenvalue weighted by Gasteiger charge is -1.89. The SMILES string of the molecule is CC/C=C\CCCC(=O)O.CC/C=C\CCCC(=O)O. The van der Waals surface area contributed by atoms with Crippen LogP contribution in [-0.4, -0.2) is 22.2 Å². The van der Waals surface area contributed by atoms with Crippen molar-refractivity contribution in [3.05, 3.63) is 24.3 Å². The second kappa shape index (κ2) is 17.4. The number of carboxylic acid groups (broad SMARTS) is 2. The van der Waals surface area contributed by atoms with Gasteiger partial charge in [-0.25, -0.2) is 0 Å². The van der Waals surface area contributed by atoms with E-state index in [1.807, 2.05) is 12.2 Å². The van der Waals surface area contributed by atoms with Gasteiger partial charge in [-0.1, -0.05) is 38.2 Å². The Balaban J connectivity index is 0. The Kier molecular flexibility index (Phi) is 18.1. The van der Waals surface area contributed by atoms with Crippen LogP contribution < -0.4 is 0 Å². The van der Waals surface area contributed by atoms with Crippen molar-refractivity contribution in [1.82, 2.24) is 0 Å². The van der Waals surface area contributed by atoms with Crippen molar-refractivity contribution in [3.63, 3.8) is 0 Å². The van der Waals surface area contributed by atoms with Crippen LogP contribution in [0.1, 0.15) is 65.2 Å². The van der Waals surface area contributed by atoms with Gasteiger partial charge < -0.3 is 10.2 Å². The average molecular weight is 284 g/mol. The number of hydrogen-bond donors (Lipinski definition) is 2. The fourth-order valence-corrected chi connectivity index (χ4v) is 1.31. The normalized spacial score (nSPS) is 10.5. The van der Waals surface area contributed by atoms with Crippen molar-refractivity contribution in [3.8, 4) is 0 Å². The van der Waals surface area contributed by atoms with Crippen LogP contribution in [0.5, 0.6) is 0 Å². The van der Waals surface area contributed by atoms with Gasteiger partial charge in [0.25, 0.3) is 0 Å². The third kappa shape index (κ3) is 25.3. The van der Waals surface area contributed by atoms with Gasteiger partial charge in [-0.05, 0) is 38.5 Å². The van der Waals surface area contributed by atoms with Gasteiger partial charge in [0.2, 0.25) is 0 Å². The van der Waals surface area contributed by atoms with Crippen molar-refractivity contribution in [1.29, 1.82) is 0 Å². The lowest BCUT2D eigenvalue weighted by atomic mass is 10.2. The van der Waals surface area contributed by atoms with E-state index in [-0.39, 0.29) is 12.8 Å². The summed E-state index contributed by atoms with van der Waals surface area (Å²) in [4.78, 5) is 20.0. The molecule has 0 aliphatic heterocycles. The molecule has 4 heteroatoms. The van der Waals surface area contributed by atoms with Crippen LogP contribution in [0.4, 0.5) is 0 Å². The standard InChI is InChI=1S/2C8H14O2/c2*1-2-3-4-5-6-7-8(9)10/h2*3-4H,2,5-7H2,1H3,(H,9,10)/b2*4-3-. The van der Waals surface area contributed by atoms with Gasteiger partial charge in [-0.15, -0.1) is 0 Å². The van der Waals surface area contributed by atoms with Gasteiger partial charge in [-0.3, -0.25) is 9.59 Å². The summed E-state index contributed by atoms with van der Waals surface area (Å²) in [6.45, 7) is 4.13. The largest absolute Gasteiger partial charge is 0.481 e. The van der Waals surface area contributed by atoms with E-state index in [2.05, 4.69) is 26.0 Å². The minimum atomic E-state index is -0.704. The van der Waals surface area contributed by atoms with Gasteiger partial charge in [0.05, 0.1) is 0 Å². The quantitative estimate of drug-likeness (QED) is 0.460. The molecule has 0 saturated heterocycles. The smallest absolute Gasteiger partial charge is 0.303 e. The minimum absolute atomic E-state index is 0.286. The first-order valence-electron chi connectivity index (χ1n) is 7.28. The topological polar surface area (TPSA) is 74.6 Å². The van der Waals surface area contributed by atoms with Crippen LogP contribution >= 0.6 is 0 Å². The van der Waals surface area contributed by atoms with Crippen molar-refractivity contribution in [2.24, 2.45) is 0 Å². The summed E-state index contributed by atoms with van der Waals surface area (Å²) in [6, 6.07) is 0. The van der Waals surface area contributed by atoms with Crippen LogP contribution in [-0.2, 0) is 9.59 Å². The summed E-state index contributed by atoms with van der Waals surface area (Å²) in [7, 11) is 0. The monoisotopic (exact) mass is 284 g/mol.